The standard InChI is InChI=1S/C30H27FN2O4S/c1-18-26(32-29(35)37-19(2)24-6-4-5-7-25(24)31)27(38-33-18)22-10-8-20(9-11-22)21-12-14-23(15-13-21)30(16-17-30)28(34)36-3/h4-15,19H,16-17H2,1-3H3,(H,32,35)/t19-/m1/s1. The van der Waals surface area contributed by atoms with Crippen LogP contribution in [0.4, 0.5) is 14.9 Å². The number of aromatic nitrogens is 1. The molecule has 5 rings (SSSR count). The fourth-order valence-electron chi connectivity index (χ4n) is 4.60. The fourth-order valence-corrected chi connectivity index (χ4v) is 5.45. The van der Waals surface area contributed by atoms with Crippen LogP contribution in [0.1, 0.15) is 42.7 Å². The highest BCUT2D eigenvalue weighted by Gasteiger charge is 2.52. The molecule has 1 fully saturated rings. The number of hydrogen-bond donors (Lipinski definition) is 1. The number of ether oxygens (including phenoxy) is 2. The van der Waals surface area contributed by atoms with Gasteiger partial charge in [-0.2, -0.15) is 4.37 Å². The molecule has 1 aliphatic carbocycles. The molecular formula is C30H27FN2O4S. The van der Waals surface area contributed by atoms with Crippen molar-refractivity contribution < 1.29 is 23.5 Å². The Kier molecular flexibility index (Phi) is 6.99. The van der Waals surface area contributed by atoms with E-state index >= 15 is 0 Å². The Labute approximate surface area is 224 Å². The molecule has 0 bridgehead atoms. The second-order valence-electron chi connectivity index (χ2n) is 9.39. The molecule has 1 atom stereocenters. The minimum atomic E-state index is -0.750. The molecule has 4 aromatic rings. The van der Waals surface area contributed by atoms with Crippen LogP contribution in [0.2, 0.25) is 0 Å². The van der Waals surface area contributed by atoms with Crippen molar-refractivity contribution in [1.29, 1.82) is 0 Å². The summed E-state index contributed by atoms with van der Waals surface area (Å²) in [6, 6.07) is 22.2. The summed E-state index contributed by atoms with van der Waals surface area (Å²) in [7, 11) is 1.43. The number of nitrogens with one attached hydrogen (secondary N) is 1. The number of carbonyl (C=O) groups is 2. The molecule has 0 radical (unpaired) electrons. The zero-order valence-electron chi connectivity index (χ0n) is 21.3. The van der Waals surface area contributed by atoms with Gasteiger partial charge in [-0.05, 0) is 66.5 Å². The number of esters is 1. The van der Waals surface area contributed by atoms with Gasteiger partial charge in [0.25, 0.3) is 0 Å². The second-order valence-corrected chi connectivity index (χ2v) is 10.2. The first kappa shape index (κ1) is 25.6. The van der Waals surface area contributed by atoms with Crippen molar-refractivity contribution in [2.45, 2.75) is 38.2 Å². The van der Waals surface area contributed by atoms with Crippen LogP contribution in [0.15, 0.2) is 72.8 Å². The molecule has 8 heteroatoms. The molecule has 1 saturated carbocycles. The topological polar surface area (TPSA) is 77.5 Å². The molecule has 1 aromatic heterocycles. The van der Waals surface area contributed by atoms with Crippen LogP contribution in [0.25, 0.3) is 21.6 Å². The second kappa shape index (κ2) is 10.4. The largest absolute Gasteiger partial charge is 0.468 e. The first-order valence-electron chi connectivity index (χ1n) is 12.3. The number of aryl methyl sites for hydroxylation is 1. The maximum Gasteiger partial charge on any atom is 0.412 e. The van der Waals surface area contributed by atoms with Crippen molar-refractivity contribution in [2.24, 2.45) is 0 Å². The van der Waals surface area contributed by atoms with Crippen LogP contribution in [-0.2, 0) is 19.7 Å². The van der Waals surface area contributed by atoms with Gasteiger partial charge in [-0.3, -0.25) is 10.1 Å². The van der Waals surface area contributed by atoms with E-state index in [1.54, 1.807) is 25.1 Å². The molecule has 6 nitrogen and oxygen atoms in total. The lowest BCUT2D eigenvalue weighted by atomic mass is 9.93. The van der Waals surface area contributed by atoms with Crippen molar-refractivity contribution in [2.75, 3.05) is 12.4 Å². The summed E-state index contributed by atoms with van der Waals surface area (Å²) in [5, 5.41) is 2.79. The van der Waals surface area contributed by atoms with Crippen molar-refractivity contribution in [3.05, 3.63) is 95.4 Å². The molecular weight excluding hydrogens is 503 g/mol. The Morgan fingerprint density at radius 3 is 2.18 bits per heavy atom. The number of benzene rings is 3. The van der Waals surface area contributed by atoms with Gasteiger partial charge in [-0.15, -0.1) is 0 Å². The monoisotopic (exact) mass is 530 g/mol. The third kappa shape index (κ3) is 4.91. The number of carbonyl (C=O) groups excluding carboxylic acids is 2. The van der Waals surface area contributed by atoms with E-state index in [1.165, 1.54) is 24.7 Å². The SMILES string of the molecule is COC(=O)C1(c2ccc(-c3ccc(-c4snc(C)c4NC(=O)O[C@H](C)c4ccccc4F)cc3)cc2)CC1. The van der Waals surface area contributed by atoms with E-state index in [2.05, 4.69) is 9.69 Å². The van der Waals surface area contributed by atoms with Crippen LogP contribution in [0, 0.1) is 12.7 Å². The highest BCUT2D eigenvalue weighted by atomic mass is 32.1. The third-order valence-electron chi connectivity index (χ3n) is 6.96. The Balaban J connectivity index is 1.30. The predicted octanol–water partition coefficient (Wildman–Crippen LogP) is 7.44. The van der Waals surface area contributed by atoms with Gasteiger partial charge in [-0.1, -0.05) is 66.7 Å². The quantitative estimate of drug-likeness (QED) is 0.251. The van der Waals surface area contributed by atoms with Gasteiger partial charge in [0.15, 0.2) is 0 Å². The summed E-state index contributed by atoms with van der Waals surface area (Å²) in [5.41, 5.74) is 4.99. The lowest BCUT2D eigenvalue weighted by molar-refractivity contribution is -0.143. The molecule has 0 aliphatic heterocycles. The minimum Gasteiger partial charge on any atom is -0.468 e. The molecule has 1 amide bonds. The van der Waals surface area contributed by atoms with Crippen LogP contribution in [-0.4, -0.2) is 23.5 Å². The normalized spacial score (nSPS) is 14.4. The first-order valence-corrected chi connectivity index (χ1v) is 13.1. The highest BCUT2D eigenvalue weighted by Crippen LogP contribution is 2.49. The smallest absolute Gasteiger partial charge is 0.412 e. The molecule has 1 heterocycles. The maximum absolute atomic E-state index is 14.1. The number of hydrogen-bond acceptors (Lipinski definition) is 6. The number of anilines is 1. The van der Waals surface area contributed by atoms with Crippen molar-refractivity contribution in [3.63, 3.8) is 0 Å². The fraction of sp³-hybridized carbons (Fsp3) is 0.233. The summed E-state index contributed by atoms with van der Waals surface area (Å²) in [6.45, 7) is 3.44. The third-order valence-corrected chi connectivity index (χ3v) is 7.95. The Hall–Kier alpha value is -4.04. The van der Waals surface area contributed by atoms with E-state index in [9.17, 15) is 14.0 Å². The summed E-state index contributed by atoms with van der Waals surface area (Å²) in [5.74, 6) is -0.600. The van der Waals surface area contributed by atoms with Gasteiger partial charge in [0.1, 0.15) is 11.9 Å². The number of rotatable bonds is 7. The number of nitrogens with zero attached hydrogens (tertiary/aromatic N) is 1. The summed E-state index contributed by atoms with van der Waals surface area (Å²) < 4.78 is 28.9. The van der Waals surface area contributed by atoms with E-state index in [0.717, 1.165) is 40.0 Å². The maximum atomic E-state index is 14.1. The molecule has 0 saturated heterocycles. The van der Waals surface area contributed by atoms with Gasteiger partial charge in [-0.25, -0.2) is 9.18 Å². The number of methoxy groups -OCH3 is 1. The van der Waals surface area contributed by atoms with Gasteiger partial charge in [0, 0.05) is 5.56 Å². The average molecular weight is 531 g/mol. The van der Waals surface area contributed by atoms with E-state index in [-0.39, 0.29) is 5.97 Å². The predicted molar refractivity (Wildman–Crippen MR) is 146 cm³/mol. The number of amides is 1. The van der Waals surface area contributed by atoms with Crippen LogP contribution in [0.3, 0.4) is 0 Å². The Morgan fingerprint density at radius 2 is 1.58 bits per heavy atom. The van der Waals surface area contributed by atoms with Crippen molar-refractivity contribution in [3.8, 4) is 21.6 Å². The molecule has 0 unspecified atom stereocenters. The van der Waals surface area contributed by atoms with E-state index in [0.29, 0.717) is 16.9 Å². The van der Waals surface area contributed by atoms with Gasteiger partial charge in [0.2, 0.25) is 0 Å². The van der Waals surface area contributed by atoms with Gasteiger partial charge in [0.05, 0.1) is 28.8 Å². The molecule has 3 aromatic carbocycles. The minimum absolute atomic E-state index is 0.176. The zero-order valence-corrected chi connectivity index (χ0v) is 22.1. The number of halogens is 1. The van der Waals surface area contributed by atoms with Crippen molar-refractivity contribution >= 4 is 29.3 Å². The van der Waals surface area contributed by atoms with Crippen LogP contribution in [0.5, 0.6) is 0 Å². The molecule has 38 heavy (non-hydrogen) atoms. The lowest BCUT2D eigenvalue weighted by Gasteiger charge is -2.15. The molecule has 0 spiro atoms. The molecule has 1 aliphatic rings. The van der Waals surface area contributed by atoms with Crippen LogP contribution >= 0.6 is 11.5 Å². The van der Waals surface area contributed by atoms with Crippen LogP contribution < -0.4 is 5.32 Å². The summed E-state index contributed by atoms with van der Waals surface area (Å²) in [6.07, 6.45) is 0.198. The Morgan fingerprint density at radius 1 is 0.974 bits per heavy atom. The van der Waals surface area contributed by atoms with Crippen molar-refractivity contribution in [1.82, 2.24) is 4.37 Å². The molecule has 1 N–H and O–H groups in total. The van der Waals surface area contributed by atoms with E-state index in [4.69, 9.17) is 9.47 Å². The highest BCUT2D eigenvalue weighted by molar-refractivity contribution is 7.10. The Bertz CT molecular complexity index is 1480. The summed E-state index contributed by atoms with van der Waals surface area (Å²) >= 11 is 1.28. The summed E-state index contributed by atoms with van der Waals surface area (Å²) in [4.78, 5) is 25.6. The van der Waals surface area contributed by atoms with Gasteiger partial charge < -0.3 is 9.47 Å². The average Bonchev–Trinajstić information content (AvgIpc) is 3.67. The zero-order chi connectivity index (χ0) is 26.9. The van der Waals surface area contributed by atoms with Gasteiger partial charge >= 0.3 is 12.1 Å². The van der Waals surface area contributed by atoms with E-state index < -0.39 is 23.4 Å². The van der Waals surface area contributed by atoms with E-state index in [1.807, 2.05) is 55.5 Å². The first-order chi connectivity index (χ1) is 18.3. The molecule has 194 valence electrons. The lowest BCUT2D eigenvalue weighted by Crippen LogP contribution is -2.21.